The molecule has 0 N–H and O–H groups in total. The van der Waals surface area contributed by atoms with Crippen molar-refractivity contribution < 1.29 is 9.72 Å². The van der Waals surface area contributed by atoms with Crippen LogP contribution in [0.3, 0.4) is 0 Å². The minimum Gasteiger partial charge on any atom is -0.331 e. The van der Waals surface area contributed by atoms with Gasteiger partial charge in [0, 0.05) is 41.8 Å². The number of imidazole rings is 1. The highest BCUT2D eigenvalue weighted by atomic mass is 35.5. The minimum atomic E-state index is -0.477. The lowest BCUT2D eigenvalue weighted by atomic mass is 10.1. The van der Waals surface area contributed by atoms with Gasteiger partial charge in [-0.15, -0.1) is 11.8 Å². The Labute approximate surface area is 159 Å². The summed E-state index contributed by atoms with van der Waals surface area (Å²) >= 11 is 7.29. The molecule has 0 unspecified atom stereocenters. The van der Waals surface area contributed by atoms with Crippen LogP contribution in [0.5, 0.6) is 0 Å². The zero-order chi connectivity index (χ0) is 18.7. The quantitative estimate of drug-likeness (QED) is 0.269. The summed E-state index contributed by atoms with van der Waals surface area (Å²) in [5.74, 6) is 0.416. The summed E-state index contributed by atoms with van der Waals surface area (Å²) < 4.78 is 1.58. The number of hydrogen-bond acceptors (Lipinski definition) is 5. The minimum absolute atomic E-state index is 0.0999. The van der Waals surface area contributed by atoms with Crippen molar-refractivity contribution in [3.05, 3.63) is 86.9 Å². The van der Waals surface area contributed by atoms with Gasteiger partial charge in [-0.05, 0) is 29.8 Å². The van der Waals surface area contributed by atoms with Gasteiger partial charge in [0.05, 0.1) is 9.82 Å². The van der Waals surface area contributed by atoms with Gasteiger partial charge in [0.1, 0.15) is 0 Å². The van der Waals surface area contributed by atoms with E-state index in [0.717, 1.165) is 5.56 Å². The van der Waals surface area contributed by atoms with Crippen LogP contribution in [0.15, 0.2) is 59.8 Å². The maximum absolute atomic E-state index is 12.5. The maximum atomic E-state index is 12.5. The van der Waals surface area contributed by atoms with Crippen LogP contribution in [0.2, 0.25) is 5.02 Å². The van der Waals surface area contributed by atoms with Gasteiger partial charge in [-0.3, -0.25) is 14.9 Å². The third-order valence-electron chi connectivity index (χ3n) is 3.73. The molecule has 1 aromatic heterocycles. The van der Waals surface area contributed by atoms with Gasteiger partial charge in [0.25, 0.3) is 5.69 Å². The van der Waals surface area contributed by atoms with Crippen molar-refractivity contribution >= 4 is 34.8 Å². The second-order valence-electron chi connectivity index (χ2n) is 5.55. The van der Waals surface area contributed by atoms with Gasteiger partial charge < -0.3 is 4.57 Å². The van der Waals surface area contributed by atoms with Crippen molar-refractivity contribution in [1.82, 2.24) is 9.55 Å². The molecule has 3 rings (SSSR count). The number of halogens is 1. The predicted molar refractivity (Wildman–Crippen MR) is 101 cm³/mol. The maximum Gasteiger partial charge on any atom is 0.283 e. The molecule has 0 spiro atoms. The summed E-state index contributed by atoms with van der Waals surface area (Å²) in [6, 6.07) is 11.8. The van der Waals surface area contributed by atoms with E-state index in [0.29, 0.717) is 15.7 Å². The molecule has 0 saturated carbocycles. The number of rotatable bonds is 6. The molecule has 1 heterocycles. The van der Waals surface area contributed by atoms with Crippen LogP contribution in [-0.4, -0.2) is 20.3 Å². The van der Waals surface area contributed by atoms with Gasteiger partial charge in [0.15, 0.2) is 5.82 Å². The van der Waals surface area contributed by atoms with Crippen LogP contribution in [0.1, 0.15) is 21.7 Å². The van der Waals surface area contributed by atoms with Crippen LogP contribution in [-0.2, 0) is 12.8 Å². The van der Waals surface area contributed by atoms with Crippen molar-refractivity contribution in [2.75, 3.05) is 0 Å². The summed E-state index contributed by atoms with van der Waals surface area (Å²) in [4.78, 5) is 28.0. The summed E-state index contributed by atoms with van der Waals surface area (Å²) in [5, 5.41) is 12.1. The number of benzene rings is 2. The van der Waals surface area contributed by atoms with Crippen LogP contribution < -0.4 is 0 Å². The summed E-state index contributed by atoms with van der Waals surface area (Å²) in [5.41, 5.74) is 1.10. The van der Waals surface area contributed by atoms with E-state index in [9.17, 15) is 14.9 Å². The lowest BCUT2D eigenvalue weighted by Crippen LogP contribution is -2.09. The number of carbonyl (C=O) groups is 1. The highest BCUT2D eigenvalue weighted by Gasteiger charge is 2.20. The standard InChI is InChI=1S/C18H14ClN3O3S/c1-21-8-7-20-18(21)17(23)13-5-6-16(15(10-13)22(24)25)26-11-12-3-2-4-14(19)9-12/h2-10H,11H2,1H3. The fraction of sp³-hybridized carbons (Fsp3) is 0.111. The molecular weight excluding hydrogens is 374 g/mol. The van der Waals surface area contributed by atoms with Crippen molar-refractivity contribution in [2.45, 2.75) is 10.6 Å². The fourth-order valence-corrected chi connectivity index (χ4v) is 3.58. The van der Waals surface area contributed by atoms with E-state index in [1.54, 1.807) is 36.0 Å². The second kappa shape index (κ2) is 7.72. The molecule has 0 aliphatic rings. The SMILES string of the molecule is Cn1ccnc1C(=O)c1ccc(SCc2cccc(Cl)c2)c([N+](=O)[O-])c1. The van der Waals surface area contributed by atoms with Crippen LogP contribution in [0.25, 0.3) is 0 Å². The first-order chi connectivity index (χ1) is 12.5. The number of nitrogens with zero attached hydrogens (tertiary/aromatic N) is 3. The zero-order valence-corrected chi connectivity index (χ0v) is 15.3. The summed E-state index contributed by atoms with van der Waals surface area (Å²) in [6.45, 7) is 0. The average Bonchev–Trinajstić information content (AvgIpc) is 3.05. The molecule has 26 heavy (non-hydrogen) atoms. The topological polar surface area (TPSA) is 78.0 Å². The highest BCUT2D eigenvalue weighted by molar-refractivity contribution is 7.98. The molecule has 3 aromatic rings. The van der Waals surface area contributed by atoms with Crippen molar-refractivity contribution in [3.63, 3.8) is 0 Å². The largest absolute Gasteiger partial charge is 0.331 e. The van der Waals surface area contributed by atoms with Gasteiger partial charge >= 0.3 is 0 Å². The Balaban J connectivity index is 1.86. The zero-order valence-electron chi connectivity index (χ0n) is 13.8. The number of nitro groups is 1. The van der Waals surface area contributed by atoms with Crippen LogP contribution >= 0.6 is 23.4 Å². The first-order valence-electron chi connectivity index (χ1n) is 7.63. The number of aryl methyl sites for hydroxylation is 1. The van der Waals surface area contributed by atoms with Crippen molar-refractivity contribution in [2.24, 2.45) is 7.05 Å². The third-order valence-corrected chi connectivity index (χ3v) is 5.09. The van der Waals surface area contributed by atoms with E-state index in [1.807, 2.05) is 18.2 Å². The fourth-order valence-electron chi connectivity index (χ4n) is 2.42. The molecule has 8 heteroatoms. The van der Waals surface area contributed by atoms with E-state index in [4.69, 9.17) is 11.6 Å². The van der Waals surface area contributed by atoms with E-state index in [2.05, 4.69) is 4.98 Å². The molecule has 2 aromatic carbocycles. The predicted octanol–water partition coefficient (Wildman–Crippen LogP) is 4.51. The van der Waals surface area contributed by atoms with Gasteiger partial charge in [-0.1, -0.05) is 23.7 Å². The number of hydrogen-bond donors (Lipinski definition) is 0. The molecule has 132 valence electrons. The van der Waals surface area contributed by atoms with E-state index in [-0.39, 0.29) is 22.9 Å². The number of ketones is 1. The molecule has 0 fully saturated rings. The number of aromatic nitrogens is 2. The van der Waals surface area contributed by atoms with Crippen LogP contribution in [0.4, 0.5) is 5.69 Å². The summed E-state index contributed by atoms with van der Waals surface area (Å²) in [7, 11) is 1.70. The van der Waals surface area contributed by atoms with Gasteiger partial charge in [0.2, 0.25) is 5.78 Å². The molecule has 6 nitrogen and oxygen atoms in total. The van der Waals surface area contributed by atoms with Crippen LogP contribution in [0, 0.1) is 10.1 Å². The molecule has 0 radical (unpaired) electrons. The molecular formula is C18H14ClN3O3S. The number of thioether (sulfide) groups is 1. The van der Waals surface area contributed by atoms with Gasteiger partial charge in [-0.2, -0.15) is 0 Å². The number of nitro benzene ring substituents is 1. The second-order valence-corrected chi connectivity index (χ2v) is 7.00. The third kappa shape index (κ3) is 3.95. The first kappa shape index (κ1) is 18.2. The molecule has 0 aliphatic carbocycles. The Hall–Kier alpha value is -2.64. The Morgan fingerprint density at radius 1 is 1.31 bits per heavy atom. The van der Waals surface area contributed by atoms with E-state index < -0.39 is 4.92 Å². The summed E-state index contributed by atoms with van der Waals surface area (Å²) in [6.07, 6.45) is 3.16. The Morgan fingerprint density at radius 2 is 2.12 bits per heavy atom. The van der Waals surface area contributed by atoms with Crippen molar-refractivity contribution in [3.8, 4) is 0 Å². The highest BCUT2D eigenvalue weighted by Crippen LogP contribution is 2.33. The number of carbonyl (C=O) groups excluding carboxylic acids is 1. The van der Waals surface area contributed by atoms with E-state index in [1.165, 1.54) is 24.0 Å². The van der Waals surface area contributed by atoms with Gasteiger partial charge in [-0.25, -0.2) is 4.98 Å². The Kier molecular flexibility index (Phi) is 5.39. The monoisotopic (exact) mass is 387 g/mol. The molecule has 0 aliphatic heterocycles. The van der Waals surface area contributed by atoms with E-state index >= 15 is 0 Å². The first-order valence-corrected chi connectivity index (χ1v) is 9.00. The lowest BCUT2D eigenvalue weighted by Gasteiger charge is -2.06. The Bertz CT molecular complexity index is 987. The molecule has 0 amide bonds. The lowest BCUT2D eigenvalue weighted by molar-refractivity contribution is -0.387. The normalized spacial score (nSPS) is 10.7. The molecule has 0 saturated heterocycles. The molecule has 0 atom stereocenters. The Morgan fingerprint density at radius 3 is 2.77 bits per heavy atom. The average molecular weight is 388 g/mol. The molecule has 0 bridgehead atoms. The smallest absolute Gasteiger partial charge is 0.283 e. The van der Waals surface area contributed by atoms with Crippen molar-refractivity contribution in [1.29, 1.82) is 0 Å².